The maximum absolute atomic E-state index is 13.2. The molecule has 1 fully saturated rings. The summed E-state index contributed by atoms with van der Waals surface area (Å²) < 4.78 is 13.2. The van der Waals surface area contributed by atoms with Crippen LogP contribution >= 0.6 is 0 Å². The fourth-order valence-corrected chi connectivity index (χ4v) is 2.13. The molecule has 3 nitrogen and oxygen atoms in total. The summed E-state index contributed by atoms with van der Waals surface area (Å²) >= 11 is 0. The highest BCUT2D eigenvalue weighted by Gasteiger charge is 2.21. The molecule has 1 amide bonds. The van der Waals surface area contributed by atoms with Gasteiger partial charge in [-0.05, 0) is 37.0 Å². The van der Waals surface area contributed by atoms with E-state index in [9.17, 15) is 9.18 Å². The molecule has 1 aliphatic rings. The average Bonchev–Trinajstić information content (AvgIpc) is 2.28. The number of halogens is 1. The summed E-state index contributed by atoms with van der Waals surface area (Å²) in [6, 6.07) is 4.00. The topological polar surface area (TPSA) is 46.3 Å². The first-order valence-electron chi connectivity index (χ1n) is 5.91. The number of nitrogen functional groups attached to an aromatic ring is 1. The third kappa shape index (κ3) is 2.75. The van der Waals surface area contributed by atoms with Crippen LogP contribution in [-0.2, 0) is 0 Å². The molecule has 17 heavy (non-hydrogen) atoms. The Labute approximate surface area is 100 Å². The number of hydrogen-bond donors (Lipinski definition) is 1. The summed E-state index contributed by atoms with van der Waals surface area (Å²) in [5, 5.41) is 0. The lowest BCUT2D eigenvalue weighted by molar-refractivity contribution is 0.0697. The van der Waals surface area contributed by atoms with Crippen molar-refractivity contribution in [3.8, 4) is 0 Å². The zero-order valence-corrected chi connectivity index (χ0v) is 9.95. The highest BCUT2D eigenvalue weighted by molar-refractivity contribution is 5.95. The zero-order valence-electron chi connectivity index (χ0n) is 9.95. The number of benzene rings is 1. The summed E-state index contributed by atoms with van der Waals surface area (Å²) in [6.07, 6.45) is 2.02. The van der Waals surface area contributed by atoms with Gasteiger partial charge in [0.05, 0.1) is 0 Å². The predicted octanol–water partition coefficient (Wildman–Crippen LogP) is 2.28. The van der Waals surface area contributed by atoms with E-state index in [-0.39, 0.29) is 5.91 Å². The number of carbonyl (C=O) groups is 1. The first-order valence-corrected chi connectivity index (χ1v) is 5.91. The van der Waals surface area contributed by atoms with Crippen molar-refractivity contribution in [2.45, 2.75) is 19.8 Å². The normalized spacial score (nSPS) is 17.2. The Morgan fingerprint density at radius 3 is 2.59 bits per heavy atom. The fourth-order valence-electron chi connectivity index (χ4n) is 2.13. The molecule has 2 rings (SSSR count). The highest BCUT2D eigenvalue weighted by atomic mass is 19.1. The van der Waals surface area contributed by atoms with Crippen LogP contribution in [0.5, 0.6) is 0 Å². The maximum atomic E-state index is 13.2. The molecule has 0 aromatic heterocycles. The highest BCUT2D eigenvalue weighted by Crippen LogP contribution is 2.19. The van der Waals surface area contributed by atoms with Gasteiger partial charge in [0.15, 0.2) is 0 Å². The van der Waals surface area contributed by atoms with Gasteiger partial charge < -0.3 is 10.6 Å². The van der Waals surface area contributed by atoms with E-state index < -0.39 is 5.82 Å². The predicted molar refractivity (Wildman–Crippen MR) is 65.1 cm³/mol. The smallest absolute Gasteiger partial charge is 0.254 e. The lowest BCUT2D eigenvalue weighted by atomic mass is 9.98. The summed E-state index contributed by atoms with van der Waals surface area (Å²) in [5.74, 6) is 0.0819. The van der Waals surface area contributed by atoms with Gasteiger partial charge in [0.25, 0.3) is 5.91 Å². The summed E-state index contributed by atoms with van der Waals surface area (Å²) in [5.41, 5.74) is 6.17. The Bertz CT molecular complexity index is 405. The van der Waals surface area contributed by atoms with E-state index in [4.69, 9.17) is 5.73 Å². The molecule has 1 aromatic carbocycles. The molecular weight excluding hydrogens is 219 g/mol. The van der Waals surface area contributed by atoms with Gasteiger partial charge in [0.2, 0.25) is 0 Å². The van der Waals surface area contributed by atoms with Gasteiger partial charge in [-0.3, -0.25) is 4.79 Å². The van der Waals surface area contributed by atoms with E-state index in [0.29, 0.717) is 17.2 Å². The van der Waals surface area contributed by atoms with Crippen LogP contribution in [0.3, 0.4) is 0 Å². The molecule has 1 heterocycles. The van der Waals surface area contributed by atoms with Gasteiger partial charge in [-0.15, -0.1) is 0 Å². The van der Waals surface area contributed by atoms with Crippen molar-refractivity contribution in [1.82, 2.24) is 4.90 Å². The second-order valence-electron chi connectivity index (χ2n) is 4.75. The van der Waals surface area contributed by atoms with Crippen molar-refractivity contribution in [2.24, 2.45) is 5.92 Å². The molecule has 0 radical (unpaired) electrons. The van der Waals surface area contributed by atoms with E-state index in [1.165, 1.54) is 18.2 Å². The summed E-state index contributed by atoms with van der Waals surface area (Å²) in [7, 11) is 0. The maximum Gasteiger partial charge on any atom is 0.254 e. The van der Waals surface area contributed by atoms with Crippen LogP contribution in [0.4, 0.5) is 10.1 Å². The Hall–Kier alpha value is -1.58. The van der Waals surface area contributed by atoms with Crippen molar-refractivity contribution in [3.63, 3.8) is 0 Å². The van der Waals surface area contributed by atoms with E-state index >= 15 is 0 Å². The van der Waals surface area contributed by atoms with Crippen LogP contribution in [0.1, 0.15) is 30.1 Å². The largest absolute Gasteiger partial charge is 0.399 e. The Balaban J connectivity index is 2.14. The average molecular weight is 236 g/mol. The minimum Gasteiger partial charge on any atom is -0.399 e. The van der Waals surface area contributed by atoms with Gasteiger partial charge in [0.1, 0.15) is 5.82 Å². The number of piperidine rings is 1. The van der Waals surface area contributed by atoms with Crippen molar-refractivity contribution in [3.05, 3.63) is 29.6 Å². The van der Waals surface area contributed by atoms with Crippen molar-refractivity contribution < 1.29 is 9.18 Å². The second-order valence-corrected chi connectivity index (χ2v) is 4.75. The van der Waals surface area contributed by atoms with Crippen LogP contribution < -0.4 is 5.73 Å². The second kappa shape index (κ2) is 4.73. The quantitative estimate of drug-likeness (QED) is 0.760. The Morgan fingerprint density at radius 1 is 1.35 bits per heavy atom. The molecule has 0 atom stereocenters. The third-order valence-electron chi connectivity index (χ3n) is 3.24. The minimum absolute atomic E-state index is 0.122. The number of carbonyl (C=O) groups excluding carboxylic acids is 1. The standard InChI is InChI=1S/C13H17FN2O/c1-9-2-4-16(5-3-9)13(17)10-6-11(14)8-12(15)7-10/h6-9H,2-5,15H2,1H3. The lowest BCUT2D eigenvalue weighted by Crippen LogP contribution is -2.37. The zero-order chi connectivity index (χ0) is 12.4. The van der Waals surface area contributed by atoms with E-state index in [1.807, 2.05) is 0 Å². The number of amides is 1. The molecule has 0 saturated carbocycles. The van der Waals surface area contributed by atoms with Gasteiger partial charge in [-0.1, -0.05) is 6.92 Å². The van der Waals surface area contributed by atoms with Gasteiger partial charge in [-0.2, -0.15) is 0 Å². The Morgan fingerprint density at radius 2 is 2.00 bits per heavy atom. The van der Waals surface area contributed by atoms with E-state index in [1.54, 1.807) is 4.90 Å². The van der Waals surface area contributed by atoms with Crippen molar-refractivity contribution in [1.29, 1.82) is 0 Å². The molecule has 1 aliphatic heterocycles. The molecule has 1 saturated heterocycles. The van der Waals surface area contributed by atoms with Gasteiger partial charge >= 0.3 is 0 Å². The number of rotatable bonds is 1. The number of likely N-dealkylation sites (tertiary alicyclic amines) is 1. The van der Waals surface area contributed by atoms with Crippen LogP contribution in [0, 0.1) is 11.7 Å². The number of hydrogen-bond acceptors (Lipinski definition) is 2. The molecule has 0 aliphatic carbocycles. The van der Waals surface area contributed by atoms with E-state index in [0.717, 1.165) is 25.9 Å². The lowest BCUT2D eigenvalue weighted by Gasteiger charge is -2.30. The molecule has 2 N–H and O–H groups in total. The summed E-state index contributed by atoms with van der Waals surface area (Å²) in [6.45, 7) is 3.68. The van der Waals surface area contributed by atoms with Crippen LogP contribution in [0.2, 0.25) is 0 Å². The first kappa shape index (κ1) is 11.9. The van der Waals surface area contributed by atoms with Crippen LogP contribution in [0.25, 0.3) is 0 Å². The van der Waals surface area contributed by atoms with Crippen LogP contribution in [-0.4, -0.2) is 23.9 Å². The Kier molecular flexibility index (Phi) is 3.31. The molecule has 1 aromatic rings. The SMILES string of the molecule is CC1CCN(C(=O)c2cc(N)cc(F)c2)CC1. The number of anilines is 1. The molecule has 0 bridgehead atoms. The molecule has 92 valence electrons. The molecule has 0 spiro atoms. The number of nitrogens with two attached hydrogens (primary N) is 1. The number of nitrogens with zero attached hydrogens (tertiary/aromatic N) is 1. The van der Waals surface area contributed by atoms with Crippen molar-refractivity contribution >= 4 is 11.6 Å². The van der Waals surface area contributed by atoms with Crippen LogP contribution in [0.15, 0.2) is 18.2 Å². The van der Waals surface area contributed by atoms with Gasteiger partial charge in [-0.25, -0.2) is 4.39 Å². The van der Waals surface area contributed by atoms with E-state index in [2.05, 4.69) is 6.92 Å². The third-order valence-corrected chi connectivity index (χ3v) is 3.24. The molecule has 0 unspecified atom stereocenters. The molecule has 4 heteroatoms. The first-order chi connectivity index (χ1) is 8.06. The monoisotopic (exact) mass is 236 g/mol. The van der Waals surface area contributed by atoms with Crippen molar-refractivity contribution in [2.75, 3.05) is 18.8 Å². The van der Waals surface area contributed by atoms with Gasteiger partial charge in [0, 0.05) is 24.3 Å². The summed E-state index contributed by atoms with van der Waals surface area (Å²) in [4.78, 5) is 13.9. The fraction of sp³-hybridized carbons (Fsp3) is 0.462. The molecular formula is C13H17FN2O. The minimum atomic E-state index is -0.460.